The van der Waals surface area contributed by atoms with Gasteiger partial charge in [-0.05, 0) is 24.1 Å². The van der Waals surface area contributed by atoms with Gasteiger partial charge in [0, 0.05) is 23.3 Å². The van der Waals surface area contributed by atoms with E-state index in [1.807, 2.05) is 6.92 Å². The third kappa shape index (κ3) is 6.24. The van der Waals surface area contributed by atoms with Crippen molar-refractivity contribution in [1.29, 1.82) is 0 Å². The zero-order valence-electron chi connectivity index (χ0n) is 20.7. The highest BCUT2D eigenvalue weighted by Crippen LogP contribution is 2.41. The molecule has 2 aliphatic heterocycles. The highest BCUT2D eigenvalue weighted by molar-refractivity contribution is 8.00. The van der Waals surface area contributed by atoms with E-state index in [2.05, 4.69) is 20.8 Å². The smallest absolute Gasteiger partial charge is 0.356 e. The van der Waals surface area contributed by atoms with E-state index in [1.165, 1.54) is 46.3 Å². The second-order valence-electron chi connectivity index (χ2n) is 8.19. The first-order valence-corrected chi connectivity index (χ1v) is 14.0. The molecular weight excluding hydrogens is 588 g/mol. The lowest BCUT2D eigenvalue weighted by Crippen LogP contribution is -2.71. The van der Waals surface area contributed by atoms with Gasteiger partial charge in [0.2, 0.25) is 6.41 Å². The molecule has 14 nitrogen and oxygen atoms in total. The number of benzene rings is 1. The maximum Gasteiger partial charge on any atom is 0.356 e. The third-order valence-electron chi connectivity index (χ3n) is 5.51. The van der Waals surface area contributed by atoms with Crippen LogP contribution in [0.3, 0.4) is 0 Å². The second-order valence-corrected chi connectivity index (χ2v) is 10.6. The number of oxime groups is 1. The number of β-lactam (4-membered cyclic amide) rings is 1. The third-order valence-corrected chi connectivity index (χ3v) is 8.04. The molecule has 1 saturated heterocycles. The number of carbonyl (C=O) groups is 4. The predicted octanol–water partition coefficient (Wildman–Crippen LogP) is 2.34. The first-order chi connectivity index (χ1) is 19.2. The van der Waals surface area contributed by atoms with Crippen LogP contribution in [0.5, 0.6) is 0 Å². The molecule has 1 aromatic carbocycles. The van der Waals surface area contributed by atoms with Gasteiger partial charge in [0.15, 0.2) is 10.8 Å². The van der Waals surface area contributed by atoms with Crippen LogP contribution in [-0.2, 0) is 35.4 Å². The Bertz CT molecular complexity index is 1400. The van der Waals surface area contributed by atoms with Crippen molar-refractivity contribution in [2.24, 2.45) is 5.16 Å². The molecule has 4 rings (SSSR count). The minimum Gasteiger partial charge on any atom is -0.456 e. The van der Waals surface area contributed by atoms with E-state index in [9.17, 15) is 29.3 Å². The number of thiazole rings is 1. The number of non-ortho nitro benzene ring substituents is 1. The molecule has 3 heterocycles. The van der Waals surface area contributed by atoms with E-state index in [0.717, 1.165) is 11.3 Å². The van der Waals surface area contributed by atoms with Crippen LogP contribution >= 0.6 is 34.7 Å². The molecule has 1 fully saturated rings. The molecule has 2 aromatic rings. The Morgan fingerprint density at radius 3 is 2.77 bits per heavy atom. The SMILES string of the molecule is CCCON=C(C(=O)NC1C(=O)N2C(C(=O)OCc3ccc([N+](=O)[O-])cc3)=C(Cl)CS[C@H]12)c1csc(NC=O)n1. The Morgan fingerprint density at radius 2 is 2.10 bits per heavy atom. The molecule has 40 heavy (non-hydrogen) atoms. The molecule has 1 aromatic heterocycles. The summed E-state index contributed by atoms with van der Waals surface area (Å²) in [6.45, 7) is 1.90. The summed E-state index contributed by atoms with van der Waals surface area (Å²) < 4.78 is 5.31. The number of anilines is 1. The number of halogens is 1. The van der Waals surface area contributed by atoms with Crippen LogP contribution in [0, 0.1) is 10.1 Å². The zero-order chi connectivity index (χ0) is 28.8. The van der Waals surface area contributed by atoms with E-state index in [1.54, 1.807) is 0 Å². The first-order valence-electron chi connectivity index (χ1n) is 11.7. The van der Waals surface area contributed by atoms with Gasteiger partial charge in [0.25, 0.3) is 17.5 Å². The lowest BCUT2D eigenvalue weighted by atomic mass is 10.0. The van der Waals surface area contributed by atoms with E-state index in [0.29, 0.717) is 18.4 Å². The molecule has 0 saturated carbocycles. The Morgan fingerprint density at radius 1 is 1.35 bits per heavy atom. The summed E-state index contributed by atoms with van der Waals surface area (Å²) in [5.41, 5.74) is 0.216. The summed E-state index contributed by atoms with van der Waals surface area (Å²) in [4.78, 5) is 70.6. The molecule has 3 amide bonds. The van der Waals surface area contributed by atoms with Crippen LogP contribution in [0.1, 0.15) is 24.6 Å². The van der Waals surface area contributed by atoms with E-state index in [-0.39, 0.29) is 51.9 Å². The van der Waals surface area contributed by atoms with Crippen molar-refractivity contribution < 1.29 is 33.7 Å². The summed E-state index contributed by atoms with van der Waals surface area (Å²) in [5, 5.41) is 20.9. The summed E-state index contributed by atoms with van der Waals surface area (Å²) in [6.07, 6.45) is 1.08. The van der Waals surface area contributed by atoms with Gasteiger partial charge in [0.05, 0.1) is 9.96 Å². The molecular formula is C23H21ClN6O8S2. The number of aromatic nitrogens is 1. The van der Waals surface area contributed by atoms with Gasteiger partial charge in [0.1, 0.15) is 36.0 Å². The van der Waals surface area contributed by atoms with E-state index < -0.39 is 34.1 Å². The Balaban J connectivity index is 1.43. The number of ether oxygens (including phenoxy) is 1. The highest BCUT2D eigenvalue weighted by Gasteiger charge is 2.54. The van der Waals surface area contributed by atoms with Crippen LogP contribution in [0.2, 0.25) is 0 Å². The number of nitro benzene ring substituents is 1. The van der Waals surface area contributed by atoms with E-state index in [4.69, 9.17) is 21.2 Å². The van der Waals surface area contributed by atoms with Crippen molar-refractivity contribution in [1.82, 2.24) is 15.2 Å². The number of nitrogens with zero attached hydrogens (tertiary/aromatic N) is 4. The number of rotatable bonds is 12. The number of nitrogens with one attached hydrogen (secondary N) is 2. The minimum atomic E-state index is -0.998. The Hall–Kier alpha value is -4.02. The number of esters is 1. The summed E-state index contributed by atoms with van der Waals surface area (Å²) in [7, 11) is 0. The average Bonchev–Trinajstić information content (AvgIpc) is 3.41. The van der Waals surface area contributed by atoms with Gasteiger partial charge in [-0.1, -0.05) is 23.7 Å². The molecule has 0 radical (unpaired) electrons. The maximum absolute atomic E-state index is 13.1. The molecule has 210 valence electrons. The fraction of sp³-hybridized carbons (Fsp3) is 0.304. The van der Waals surface area contributed by atoms with Gasteiger partial charge >= 0.3 is 5.97 Å². The Labute approximate surface area is 239 Å². The number of amides is 3. The summed E-state index contributed by atoms with van der Waals surface area (Å²) in [6, 6.07) is 4.47. The zero-order valence-corrected chi connectivity index (χ0v) is 23.1. The minimum absolute atomic E-state index is 0.106. The number of carbonyl (C=O) groups excluding carboxylic acids is 4. The largest absolute Gasteiger partial charge is 0.456 e. The van der Waals surface area contributed by atoms with Gasteiger partial charge < -0.3 is 20.2 Å². The van der Waals surface area contributed by atoms with Gasteiger partial charge in [-0.2, -0.15) is 0 Å². The molecule has 17 heteroatoms. The van der Waals surface area contributed by atoms with Crippen molar-refractivity contribution in [3.05, 3.63) is 61.7 Å². The van der Waals surface area contributed by atoms with Crippen LogP contribution in [0.15, 0.2) is 45.5 Å². The molecule has 2 aliphatic rings. The fourth-order valence-electron chi connectivity index (χ4n) is 3.62. The quantitative estimate of drug-likeness (QED) is 0.0690. The summed E-state index contributed by atoms with van der Waals surface area (Å²) >= 11 is 8.61. The van der Waals surface area contributed by atoms with Crippen LogP contribution in [-0.4, -0.2) is 68.5 Å². The van der Waals surface area contributed by atoms with Crippen molar-refractivity contribution in [3.8, 4) is 0 Å². The lowest BCUT2D eigenvalue weighted by molar-refractivity contribution is -0.384. The van der Waals surface area contributed by atoms with Gasteiger partial charge in [-0.15, -0.1) is 23.1 Å². The molecule has 0 spiro atoms. The van der Waals surface area contributed by atoms with Crippen molar-refractivity contribution in [2.75, 3.05) is 17.7 Å². The highest BCUT2D eigenvalue weighted by atomic mass is 35.5. The van der Waals surface area contributed by atoms with Crippen molar-refractivity contribution >= 4 is 75.4 Å². The molecule has 0 aliphatic carbocycles. The predicted molar refractivity (Wildman–Crippen MR) is 145 cm³/mol. The molecule has 2 atom stereocenters. The van der Waals surface area contributed by atoms with Crippen molar-refractivity contribution in [2.45, 2.75) is 31.4 Å². The van der Waals surface area contributed by atoms with Crippen LogP contribution < -0.4 is 10.6 Å². The Kier molecular flexibility index (Phi) is 9.34. The number of fused-ring (bicyclic) bond motifs is 1. The van der Waals surface area contributed by atoms with Crippen molar-refractivity contribution in [3.63, 3.8) is 0 Å². The number of hydrogen-bond donors (Lipinski definition) is 2. The lowest BCUT2D eigenvalue weighted by Gasteiger charge is -2.49. The van der Waals surface area contributed by atoms with Gasteiger partial charge in [-0.3, -0.25) is 29.4 Å². The van der Waals surface area contributed by atoms with Crippen LogP contribution in [0.25, 0.3) is 0 Å². The second kappa shape index (κ2) is 12.9. The number of hydrogen-bond acceptors (Lipinski definition) is 12. The molecule has 1 unspecified atom stereocenters. The molecule has 2 N–H and O–H groups in total. The van der Waals surface area contributed by atoms with E-state index >= 15 is 0 Å². The fourth-order valence-corrected chi connectivity index (χ4v) is 5.82. The number of nitro groups is 1. The monoisotopic (exact) mass is 608 g/mol. The topological polar surface area (TPSA) is 182 Å². The average molecular weight is 609 g/mol. The first kappa shape index (κ1) is 29.0. The molecule has 0 bridgehead atoms. The van der Waals surface area contributed by atoms with Crippen LogP contribution in [0.4, 0.5) is 10.8 Å². The summed E-state index contributed by atoms with van der Waals surface area (Å²) in [5.74, 6) is -1.97. The maximum atomic E-state index is 13.1. The van der Waals surface area contributed by atoms with Gasteiger partial charge in [-0.25, -0.2) is 9.78 Å². The normalized spacial score (nSPS) is 18.4. The number of thioether (sulfide) groups is 1. The standard InChI is InChI=1S/C23H21ClN6O8S2/c1-2-7-38-28-16(15-10-40-23(26-15)25-11-31)19(32)27-17-20(33)29-18(14(24)9-39-21(17)29)22(34)37-8-12-3-5-13(6-4-12)30(35)36/h3-6,10-11,17,21H,2,7-9H2,1H3,(H,27,32)(H,25,26,31)/t17?,21-/m1/s1.